The Hall–Kier alpha value is -3.00. The summed E-state index contributed by atoms with van der Waals surface area (Å²) >= 11 is 1.25. The minimum absolute atomic E-state index is 0.173. The van der Waals surface area contributed by atoms with E-state index in [4.69, 9.17) is 5.11 Å². The van der Waals surface area contributed by atoms with Crippen LogP contribution in [0, 0.1) is 0 Å². The number of carbonyl (C=O) groups is 2. The van der Waals surface area contributed by atoms with Gasteiger partial charge in [0.25, 0.3) is 5.91 Å². The molecule has 1 aliphatic rings. The molecule has 1 aromatic heterocycles. The standard InChI is InChI=1S/C16H10N4O3S/c21-14-13(19-18-10-7-5-9(6-8-10)15(22)23)24-16-17-11-3-1-2-4-12(11)20(14)16/h1-8,13H,(H,22,23)/t13-/m1/s1. The summed E-state index contributed by atoms with van der Waals surface area (Å²) in [6.07, 6.45) is 0. The van der Waals surface area contributed by atoms with E-state index in [1.807, 2.05) is 24.3 Å². The van der Waals surface area contributed by atoms with E-state index in [0.29, 0.717) is 10.8 Å². The zero-order valence-electron chi connectivity index (χ0n) is 12.2. The highest BCUT2D eigenvalue weighted by atomic mass is 32.2. The maximum Gasteiger partial charge on any atom is 0.335 e. The van der Waals surface area contributed by atoms with Crippen LogP contribution < -0.4 is 0 Å². The van der Waals surface area contributed by atoms with E-state index in [-0.39, 0.29) is 11.5 Å². The largest absolute Gasteiger partial charge is 0.478 e. The Morgan fingerprint density at radius 3 is 2.67 bits per heavy atom. The Morgan fingerprint density at radius 1 is 1.17 bits per heavy atom. The van der Waals surface area contributed by atoms with E-state index in [9.17, 15) is 9.59 Å². The monoisotopic (exact) mass is 338 g/mol. The minimum Gasteiger partial charge on any atom is -0.478 e. The molecule has 3 aromatic rings. The van der Waals surface area contributed by atoms with Crippen molar-refractivity contribution in [1.29, 1.82) is 0 Å². The maximum atomic E-state index is 12.5. The lowest BCUT2D eigenvalue weighted by atomic mass is 10.2. The third-order valence-electron chi connectivity index (χ3n) is 3.57. The normalized spacial score (nSPS) is 16.8. The smallest absolute Gasteiger partial charge is 0.335 e. The third kappa shape index (κ3) is 2.37. The predicted molar refractivity (Wildman–Crippen MR) is 87.9 cm³/mol. The van der Waals surface area contributed by atoms with Crippen LogP contribution in [0.5, 0.6) is 0 Å². The van der Waals surface area contributed by atoms with Gasteiger partial charge in [0.15, 0.2) is 5.16 Å². The van der Waals surface area contributed by atoms with Gasteiger partial charge in [0.1, 0.15) is 0 Å². The number of imidazole rings is 1. The molecule has 0 bridgehead atoms. The number of aromatic nitrogens is 2. The summed E-state index contributed by atoms with van der Waals surface area (Å²) in [7, 11) is 0. The quantitative estimate of drug-likeness (QED) is 0.736. The van der Waals surface area contributed by atoms with E-state index >= 15 is 0 Å². The van der Waals surface area contributed by atoms with Crippen LogP contribution in [0.4, 0.5) is 5.69 Å². The molecule has 1 aliphatic heterocycles. The first kappa shape index (κ1) is 14.6. The van der Waals surface area contributed by atoms with Crippen LogP contribution in [0.3, 0.4) is 0 Å². The van der Waals surface area contributed by atoms with Crippen LogP contribution in [-0.4, -0.2) is 31.9 Å². The number of carboxylic acid groups (broad SMARTS) is 1. The van der Waals surface area contributed by atoms with E-state index < -0.39 is 11.3 Å². The summed E-state index contributed by atoms with van der Waals surface area (Å²) in [4.78, 5) is 27.7. The molecule has 8 heteroatoms. The summed E-state index contributed by atoms with van der Waals surface area (Å²) in [6, 6.07) is 13.4. The molecule has 1 N–H and O–H groups in total. The predicted octanol–water partition coefficient (Wildman–Crippen LogP) is 3.59. The number of fused-ring (bicyclic) bond motifs is 3. The number of azo groups is 1. The highest BCUT2D eigenvalue weighted by molar-refractivity contribution is 8.00. The topological polar surface area (TPSA) is 96.9 Å². The second-order valence-electron chi connectivity index (χ2n) is 5.09. The fourth-order valence-electron chi connectivity index (χ4n) is 2.42. The number of carbonyl (C=O) groups excluding carboxylic acids is 1. The van der Waals surface area contributed by atoms with Gasteiger partial charge in [-0.2, -0.15) is 10.2 Å². The Kier molecular flexibility index (Phi) is 3.39. The van der Waals surface area contributed by atoms with Gasteiger partial charge in [0.05, 0.1) is 22.3 Å². The average molecular weight is 338 g/mol. The average Bonchev–Trinajstić information content (AvgIpc) is 3.10. The molecule has 118 valence electrons. The van der Waals surface area contributed by atoms with E-state index in [0.717, 1.165) is 11.0 Å². The number of aromatic carboxylic acids is 1. The van der Waals surface area contributed by atoms with Crippen LogP contribution in [0.25, 0.3) is 11.0 Å². The van der Waals surface area contributed by atoms with Crippen molar-refractivity contribution in [3.8, 4) is 0 Å². The molecule has 0 radical (unpaired) electrons. The minimum atomic E-state index is -1.00. The summed E-state index contributed by atoms with van der Waals surface area (Å²) in [6.45, 7) is 0. The van der Waals surface area contributed by atoms with E-state index in [1.54, 1.807) is 16.7 Å². The van der Waals surface area contributed by atoms with Gasteiger partial charge in [0.2, 0.25) is 5.37 Å². The van der Waals surface area contributed by atoms with Crippen molar-refractivity contribution in [2.45, 2.75) is 10.5 Å². The lowest BCUT2D eigenvalue weighted by Gasteiger charge is -2.00. The number of para-hydroxylation sites is 2. The summed E-state index contributed by atoms with van der Waals surface area (Å²) in [5.41, 5.74) is 2.19. The van der Waals surface area contributed by atoms with Crippen LogP contribution >= 0.6 is 11.8 Å². The molecule has 0 aliphatic carbocycles. The Bertz CT molecular complexity index is 994. The molecule has 1 atom stereocenters. The number of carboxylic acids is 1. The van der Waals surface area contributed by atoms with E-state index in [1.165, 1.54) is 23.9 Å². The highest BCUT2D eigenvalue weighted by Crippen LogP contribution is 2.36. The van der Waals surface area contributed by atoms with Crippen LogP contribution in [0.2, 0.25) is 0 Å². The molecule has 7 nitrogen and oxygen atoms in total. The van der Waals surface area contributed by atoms with Crippen LogP contribution in [0.1, 0.15) is 15.2 Å². The SMILES string of the molecule is O=C(O)c1ccc(N=N[C@@H]2Sc3nc4ccccc4n3C2=O)cc1. The van der Waals surface area contributed by atoms with Crippen LogP contribution in [0.15, 0.2) is 63.9 Å². The van der Waals surface area contributed by atoms with Crippen molar-refractivity contribution in [2.24, 2.45) is 10.2 Å². The van der Waals surface area contributed by atoms with Crippen molar-refractivity contribution in [3.05, 3.63) is 54.1 Å². The highest BCUT2D eigenvalue weighted by Gasteiger charge is 2.34. The molecule has 0 unspecified atom stereocenters. The first-order valence-corrected chi connectivity index (χ1v) is 7.94. The number of rotatable bonds is 3. The Balaban J connectivity index is 1.58. The van der Waals surface area contributed by atoms with Crippen LogP contribution in [-0.2, 0) is 0 Å². The molecule has 0 saturated heterocycles. The number of benzene rings is 2. The van der Waals surface area contributed by atoms with Crippen molar-refractivity contribution in [3.63, 3.8) is 0 Å². The van der Waals surface area contributed by atoms with Gasteiger partial charge >= 0.3 is 5.97 Å². The summed E-state index contributed by atoms with van der Waals surface area (Å²) in [5.74, 6) is -1.19. The Labute approximate surface area is 140 Å². The van der Waals surface area contributed by atoms with Crippen molar-refractivity contribution in [1.82, 2.24) is 9.55 Å². The summed E-state index contributed by atoms with van der Waals surface area (Å²) < 4.78 is 1.55. The molecule has 24 heavy (non-hydrogen) atoms. The number of thioether (sulfide) groups is 1. The fourth-order valence-corrected chi connectivity index (χ4v) is 3.36. The number of hydrogen-bond donors (Lipinski definition) is 1. The van der Waals surface area contributed by atoms with Gasteiger partial charge < -0.3 is 5.11 Å². The number of nitrogens with zero attached hydrogens (tertiary/aromatic N) is 4. The zero-order valence-corrected chi connectivity index (χ0v) is 13.0. The lowest BCUT2D eigenvalue weighted by Crippen LogP contribution is -2.14. The summed E-state index contributed by atoms with van der Waals surface area (Å²) in [5, 5.41) is 16.9. The van der Waals surface area contributed by atoms with Crippen molar-refractivity contribution in [2.75, 3.05) is 0 Å². The zero-order chi connectivity index (χ0) is 16.7. The van der Waals surface area contributed by atoms with Gasteiger partial charge in [-0.1, -0.05) is 12.1 Å². The van der Waals surface area contributed by atoms with Crippen molar-refractivity contribution >= 4 is 40.4 Å². The molecule has 0 saturated carbocycles. The maximum absolute atomic E-state index is 12.5. The van der Waals surface area contributed by atoms with Gasteiger partial charge in [-0.3, -0.25) is 9.36 Å². The van der Waals surface area contributed by atoms with E-state index in [2.05, 4.69) is 15.2 Å². The van der Waals surface area contributed by atoms with Gasteiger partial charge in [-0.25, -0.2) is 9.78 Å². The van der Waals surface area contributed by atoms with Gasteiger partial charge in [0, 0.05) is 0 Å². The molecular formula is C16H10N4O3S. The molecule has 0 amide bonds. The molecular weight excluding hydrogens is 328 g/mol. The first-order valence-electron chi connectivity index (χ1n) is 7.06. The molecule has 2 heterocycles. The Morgan fingerprint density at radius 2 is 1.92 bits per heavy atom. The molecule has 0 fully saturated rings. The third-order valence-corrected chi connectivity index (χ3v) is 4.57. The molecule has 2 aromatic carbocycles. The first-order chi connectivity index (χ1) is 11.6. The van der Waals surface area contributed by atoms with Gasteiger partial charge in [-0.05, 0) is 48.2 Å². The van der Waals surface area contributed by atoms with Crippen molar-refractivity contribution < 1.29 is 14.7 Å². The molecule has 4 rings (SSSR count). The lowest BCUT2D eigenvalue weighted by molar-refractivity contribution is 0.0696. The number of hydrogen-bond acceptors (Lipinski definition) is 6. The second-order valence-corrected chi connectivity index (χ2v) is 6.14. The second kappa shape index (κ2) is 5.57. The molecule has 0 spiro atoms. The fraction of sp³-hybridized carbons (Fsp3) is 0.0625. The van der Waals surface area contributed by atoms with Gasteiger partial charge in [-0.15, -0.1) is 0 Å².